The van der Waals surface area contributed by atoms with Crippen molar-refractivity contribution in [2.45, 2.75) is 18.2 Å². The Morgan fingerprint density at radius 1 is 1.69 bits per heavy atom. The molecule has 1 saturated heterocycles. The first-order chi connectivity index (χ1) is 7.59. The highest BCUT2D eigenvalue weighted by atomic mass is 32.2. The van der Waals surface area contributed by atoms with Crippen LogP contribution in [0.2, 0.25) is 0 Å². The first-order valence-electron chi connectivity index (χ1n) is 5.25. The maximum Gasteiger partial charge on any atom is 0.216 e. The minimum absolute atomic E-state index is 0.301. The lowest BCUT2D eigenvalue weighted by Gasteiger charge is -2.11. The van der Waals surface area contributed by atoms with Gasteiger partial charge in [-0.15, -0.1) is 0 Å². The zero-order chi connectivity index (χ0) is 11.6. The van der Waals surface area contributed by atoms with Crippen molar-refractivity contribution in [3.63, 3.8) is 0 Å². The van der Waals surface area contributed by atoms with Gasteiger partial charge < -0.3 is 5.32 Å². The molecule has 2 rings (SSSR count). The van der Waals surface area contributed by atoms with Crippen molar-refractivity contribution in [1.29, 1.82) is 0 Å². The van der Waals surface area contributed by atoms with Crippen LogP contribution in [0.4, 0.5) is 0 Å². The van der Waals surface area contributed by atoms with Crippen LogP contribution in [0.25, 0.3) is 0 Å². The summed E-state index contributed by atoms with van der Waals surface area (Å²) in [6.07, 6.45) is 2.33. The molecular weight excluding hydrogens is 228 g/mol. The molecule has 1 fully saturated rings. The summed E-state index contributed by atoms with van der Waals surface area (Å²) in [5.74, 6) is 0. The fraction of sp³-hybridized carbons (Fsp3) is 0.667. The fourth-order valence-electron chi connectivity index (χ4n) is 1.76. The highest BCUT2D eigenvalue weighted by molar-refractivity contribution is 7.90. The molecule has 16 heavy (non-hydrogen) atoms. The predicted octanol–water partition coefficient (Wildman–Crippen LogP) is -0.799. The summed E-state index contributed by atoms with van der Waals surface area (Å²) in [5, 5.41) is 6.73. The molecule has 0 radical (unpaired) electrons. The maximum absolute atomic E-state index is 11.9. The molecule has 0 aliphatic carbocycles. The van der Waals surface area contributed by atoms with Gasteiger partial charge in [-0.1, -0.05) is 0 Å². The van der Waals surface area contributed by atoms with E-state index in [9.17, 15) is 8.42 Å². The van der Waals surface area contributed by atoms with Gasteiger partial charge in [-0.25, -0.2) is 13.1 Å². The van der Waals surface area contributed by atoms with Gasteiger partial charge in [0.2, 0.25) is 10.0 Å². The highest BCUT2D eigenvalue weighted by Gasteiger charge is 2.28. The molecule has 0 saturated carbocycles. The fourth-order valence-corrected chi connectivity index (χ4v) is 3.11. The maximum atomic E-state index is 11.9. The first kappa shape index (κ1) is 11.6. The van der Waals surface area contributed by atoms with Crippen LogP contribution in [0.1, 0.15) is 12.1 Å². The van der Waals surface area contributed by atoms with Crippen LogP contribution in [-0.2, 0) is 23.6 Å². The van der Waals surface area contributed by atoms with Crippen LogP contribution in [0.5, 0.6) is 0 Å². The molecule has 1 aromatic heterocycles. The van der Waals surface area contributed by atoms with Crippen molar-refractivity contribution in [2.75, 3.05) is 13.1 Å². The second kappa shape index (κ2) is 4.52. The SMILES string of the molecule is Cn1nccc1CNS(=O)(=O)C1CCNC1. The third-order valence-corrected chi connectivity index (χ3v) is 4.66. The third-order valence-electron chi connectivity index (χ3n) is 2.83. The molecular formula is C9H16N4O2S. The zero-order valence-electron chi connectivity index (χ0n) is 9.18. The van der Waals surface area contributed by atoms with E-state index in [-0.39, 0.29) is 5.25 Å². The van der Waals surface area contributed by atoms with Crippen molar-refractivity contribution in [1.82, 2.24) is 19.8 Å². The summed E-state index contributed by atoms with van der Waals surface area (Å²) in [6.45, 7) is 1.62. The van der Waals surface area contributed by atoms with E-state index in [2.05, 4.69) is 15.1 Å². The zero-order valence-corrected chi connectivity index (χ0v) is 10.00. The summed E-state index contributed by atoms with van der Waals surface area (Å²) >= 11 is 0. The van der Waals surface area contributed by atoms with E-state index in [1.165, 1.54) is 0 Å². The van der Waals surface area contributed by atoms with Gasteiger partial charge in [-0.2, -0.15) is 5.10 Å². The number of sulfonamides is 1. The second-order valence-corrected chi connectivity index (χ2v) is 5.97. The van der Waals surface area contributed by atoms with Crippen LogP contribution in [0.15, 0.2) is 12.3 Å². The first-order valence-corrected chi connectivity index (χ1v) is 6.80. The van der Waals surface area contributed by atoms with E-state index in [0.717, 1.165) is 12.2 Å². The van der Waals surface area contributed by atoms with Gasteiger partial charge in [0.1, 0.15) is 0 Å². The number of aromatic nitrogens is 2. The van der Waals surface area contributed by atoms with Crippen LogP contribution >= 0.6 is 0 Å². The normalized spacial score (nSPS) is 21.4. The molecule has 2 heterocycles. The van der Waals surface area contributed by atoms with E-state index < -0.39 is 10.0 Å². The molecule has 2 N–H and O–H groups in total. The molecule has 0 aromatic carbocycles. The van der Waals surface area contributed by atoms with Gasteiger partial charge in [0.25, 0.3) is 0 Å². The van der Waals surface area contributed by atoms with Gasteiger partial charge in [-0.3, -0.25) is 4.68 Å². The Bertz CT molecular complexity index is 448. The third kappa shape index (κ3) is 2.42. The minimum Gasteiger partial charge on any atom is -0.315 e. The van der Waals surface area contributed by atoms with Crippen LogP contribution in [0, 0.1) is 0 Å². The molecule has 7 heteroatoms. The van der Waals surface area contributed by atoms with Crippen LogP contribution in [-0.4, -0.2) is 36.5 Å². The lowest BCUT2D eigenvalue weighted by atomic mass is 10.4. The number of hydrogen-bond acceptors (Lipinski definition) is 4. The van der Waals surface area contributed by atoms with Gasteiger partial charge in [0, 0.05) is 19.8 Å². The Morgan fingerprint density at radius 3 is 3.06 bits per heavy atom. The van der Waals surface area contributed by atoms with E-state index in [4.69, 9.17) is 0 Å². The van der Waals surface area contributed by atoms with Gasteiger partial charge in [0.05, 0.1) is 17.5 Å². The van der Waals surface area contributed by atoms with E-state index in [1.807, 2.05) is 0 Å². The lowest BCUT2D eigenvalue weighted by Crippen LogP contribution is -2.35. The van der Waals surface area contributed by atoms with Crippen molar-refractivity contribution in [3.05, 3.63) is 18.0 Å². The molecule has 0 amide bonds. The second-order valence-electron chi connectivity index (χ2n) is 3.93. The van der Waals surface area contributed by atoms with E-state index >= 15 is 0 Å². The number of hydrogen-bond donors (Lipinski definition) is 2. The lowest BCUT2D eigenvalue weighted by molar-refractivity contribution is 0.564. The number of nitrogens with one attached hydrogen (secondary N) is 2. The number of nitrogens with zero attached hydrogens (tertiary/aromatic N) is 2. The highest BCUT2D eigenvalue weighted by Crippen LogP contribution is 2.09. The Kier molecular flexibility index (Phi) is 3.27. The summed E-state index contributed by atoms with van der Waals surface area (Å²) in [5.41, 5.74) is 0.856. The Labute approximate surface area is 95.1 Å². The van der Waals surface area contributed by atoms with Crippen molar-refractivity contribution >= 4 is 10.0 Å². The summed E-state index contributed by atoms with van der Waals surface area (Å²) < 4.78 is 28.0. The monoisotopic (exact) mass is 244 g/mol. The van der Waals surface area contributed by atoms with Crippen LogP contribution < -0.4 is 10.0 Å². The summed E-state index contributed by atoms with van der Waals surface area (Å²) in [7, 11) is -1.41. The number of aryl methyl sites for hydroxylation is 1. The van der Waals surface area contributed by atoms with E-state index in [1.54, 1.807) is 24.0 Å². The van der Waals surface area contributed by atoms with Crippen molar-refractivity contribution in [3.8, 4) is 0 Å². The van der Waals surface area contributed by atoms with Crippen molar-refractivity contribution in [2.24, 2.45) is 7.05 Å². The standard InChI is InChI=1S/C9H16N4O2S/c1-13-8(2-5-11-13)6-12-16(14,15)9-3-4-10-7-9/h2,5,9-10,12H,3-4,6-7H2,1H3. The molecule has 0 spiro atoms. The van der Waals surface area contributed by atoms with Crippen LogP contribution in [0.3, 0.4) is 0 Å². The Hall–Kier alpha value is -0.920. The van der Waals surface area contributed by atoms with Crippen molar-refractivity contribution < 1.29 is 8.42 Å². The average Bonchev–Trinajstić information content (AvgIpc) is 2.85. The molecule has 1 aromatic rings. The minimum atomic E-state index is -3.21. The average molecular weight is 244 g/mol. The molecule has 6 nitrogen and oxygen atoms in total. The largest absolute Gasteiger partial charge is 0.315 e. The Morgan fingerprint density at radius 2 is 2.50 bits per heavy atom. The Balaban J connectivity index is 1.97. The molecule has 90 valence electrons. The van der Waals surface area contributed by atoms with E-state index in [0.29, 0.717) is 19.5 Å². The van der Waals surface area contributed by atoms with Gasteiger partial charge >= 0.3 is 0 Å². The van der Waals surface area contributed by atoms with Gasteiger partial charge in [0.15, 0.2) is 0 Å². The molecule has 1 aliphatic heterocycles. The molecule has 1 unspecified atom stereocenters. The quantitative estimate of drug-likeness (QED) is 0.727. The smallest absolute Gasteiger partial charge is 0.216 e. The summed E-state index contributed by atoms with van der Waals surface area (Å²) in [6, 6.07) is 1.80. The number of rotatable bonds is 4. The summed E-state index contributed by atoms with van der Waals surface area (Å²) in [4.78, 5) is 0. The topological polar surface area (TPSA) is 76.0 Å². The molecule has 1 atom stereocenters. The molecule has 0 bridgehead atoms. The molecule has 1 aliphatic rings. The predicted molar refractivity (Wildman–Crippen MR) is 60.2 cm³/mol. The van der Waals surface area contributed by atoms with Gasteiger partial charge in [-0.05, 0) is 19.0 Å².